The molecule has 0 aromatic carbocycles. The minimum Gasteiger partial charge on any atom is -0.409 e. The molecule has 8 heteroatoms. The highest BCUT2D eigenvalue weighted by molar-refractivity contribution is 7.87. The average Bonchev–Trinajstić information content (AvgIpc) is 2.13. The number of nitrogens with zero attached hydrogens (tertiary/aromatic N) is 1. The van der Waals surface area contributed by atoms with E-state index in [0.717, 1.165) is 0 Å². The van der Waals surface area contributed by atoms with Crippen LogP contribution in [0.5, 0.6) is 0 Å². The molecule has 90 valence electrons. The van der Waals surface area contributed by atoms with Gasteiger partial charge in [-0.25, -0.2) is 4.72 Å². The standard InChI is InChI=1S/C7H18N4O3S/c1-5(2)4-9-15(13,14)11-6(3)7(8)10-12/h5-6,9,11-12H,4H2,1-3H3,(H2,8,10). The Kier molecular flexibility index (Phi) is 5.55. The largest absolute Gasteiger partial charge is 0.409 e. The molecule has 0 saturated carbocycles. The number of nitrogens with one attached hydrogen (secondary N) is 2. The summed E-state index contributed by atoms with van der Waals surface area (Å²) < 4.78 is 27.2. The lowest BCUT2D eigenvalue weighted by Crippen LogP contribution is -2.47. The highest BCUT2D eigenvalue weighted by Gasteiger charge is 2.16. The molecule has 1 unspecified atom stereocenters. The molecule has 0 saturated heterocycles. The Morgan fingerprint density at radius 1 is 1.47 bits per heavy atom. The van der Waals surface area contributed by atoms with Gasteiger partial charge in [-0.1, -0.05) is 19.0 Å². The van der Waals surface area contributed by atoms with Crippen LogP contribution in [0.4, 0.5) is 0 Å². The van der Waals surface area contributed by atoms with Crippen molar-refractivity contribution in [1.29, 1.82) is 0 Å². The van der Waals surface area contributed by atoms with E-state index in [4.69, 9.17) is 10.9 Å². The normalized spacial score (nSPS) is 15.6. The lowest BCUT2D eigenvalue weighted by atomic mass is 10.2. The predicted molar refractivity (Wildman–Crippen MR) is 57.8 cm³/mol. The van der Waals surface area contributed by atoms with Crippen LogP contribution >= 0.6 is 0 Å². The second kappa shape index (κ2) is 5.89. The molecule has 0 rings (SSSR count). The molecular formula is C7H18N4O3S. The predicted octanol–water partition coefficient (Wildman–Crippen LogP) is -0.799. The van der Waals surface area contributed by atoms with E-state index in [1.807, 2.05) is 13.8 Å². The Hall–Kier alpha value is -0.860. The summed E-state index contributed by atoms with van der Waals surface area (Å²) in [5.74, 6) is 0.0191. The molecule has 0 heterocycles. The first-order chi connectivity index (χ1) is 6.78. The molecule has 15 heavy (non-hydrogen) atoms. The van der Waals surface area contributed by atoms with Gasteiger partial charge in [0.25, 0.3) is 10.2 Å². The van der Waals surface area contributed by atoms with E-state index in [1.54, 1.807) is 0 Å². The van der Waals surface area contributed by atoms with Crippen molar-refractivity contribution < 1.29 is 13.6 Å². The van der Waals surface area contributed by atoms with Gasteiger partial charge in [0, 0.05) is 6.54 Å². The molecule has 0 fully saturated rings. The summed E-state index contributed by atoms with van der Waals surface area (Å²) in [6, 6.07) is -0.750. The third-order valence-electron chi connectivity index (χ3n) is 1.57. The monoisotopic (exact) mass is 238 g/mol. The van der Waals surface area contributed by atoms with Crippen LogP contribution < -0.4 is 15.2 Å². The zero-order valence-electron chi connectivity index (χ0n) is 9.06. The number of nitrogens with two attached hydrogens (primary N) is 1. The zero-order valence-corrected chi connectivity index (χ0v) is 9.87. The van der Waals surface area contributed by atoms with Gasteiger partial charge in [-0.15, -0.1) is 0 Å². The SMILES string of the molecule is CC(C)CNS(=O)(=O)NC(C)C(N)=NO. The fourth-order valence-corrected chi connectivity index (χ4v) is 1.92. The Bertz CT molecular complexity index is 312. The van der Waals surface area contributed by atoms with E-state index in [9.17, 15) is 8.42 Å². The summed E-state index contributed by atoms with van der Waals surface area (Å²) in [5.41, 5.74) is 5.22. The lowest BCUT2D eigenvalue weighted by Gasteiger charge is -2.14. The molecule has 0 aromatic rings. The van der Waals surface area contributed by atoms with Crippen LogP contribution in [0.15, 0.2) is 5.16 Å². The van der Waals surface area contributed by atoms with E-state index in [0.29, 0.717) is 6.54 Å². The van der Waals surface area contributed by atoms with Crippen LogP contribution in [0.3, 0.4) is 0 Å². The Labute approximate surface area is 89.9 Å². The first-order valence-corrected chi connectivity index (χ1v) is 6.01. The topological polar surface area (TPSA) is 117 Å². The molecule has 0 aliphatic rings. The summed E-state index contributed by atoms with van der Waals surface area (Å²) in [6.07, 6.45) is 0. The first-order valence-electron chi connectivity index (χ1n) is 4.53. The molecule has 5 N–H and O–H groups in total. The van der Waals surface area contributed by atoms with Crippen LogP contribution in [-0.2, 0) is 10.2 Å². The maximum Gasteiger partial charge on any atom is 0.277 e. The number of rotatable bonds is 6. The van der Waals surface area contributed by atoms with E-state index < -0.39 is 16.3 Å². The van der Waals surface area contributed by atoms with Crippen molar-refractivity contribution in [2.75, 3.05) is 6.54 Å². The molecule has 0 aliphatic heterocycles. The highest BCUT2D eigenvalue weighted by atomic mass is 32.2. The second-order valence-electron chi connectivity index (χ2n) is 3.61. The number of hydrogen-bond acceptors (Lipinski definition) is 4. The minimum absolute atomic E-state index is 0.190. The van der Waals surface area contributed by atoms with Crippen LogP contribution in [0.2, 0.25) is 0 Å². The van der Waals surface area contributed by atoms with Gasteiger partial charge in [-0.2, -0.15) is 13.1 Å². The van der Waals surface area contributed by atoms with E-state index >= 15 is 0 Å². The molecule has 0 aromatic heterocycles. The summed E-state index contributed by atoms with van der Waals surface area (Å²) in [6.45, 7) is 5.58. The average molecular weight is 238 g/mol. The van der Waals surface area contributed by atoms with Crippen molar-refractivity contribution in [1.82, 2.24) is 9.44 Å². The lowest BCUT2D eigenvalue weighted by molar-refractivity contribution is 0.316. The van der Waals surface area contributed by atoms with Gasteiger partial charge >= 0.3 is 0 Å². The zero-order chi connectivity index (χ0) is 12.1. The molecule has 7 nitrogen and oxygen atoms in total. The van der Waals surface area contributed by atoms with Crippen molar-refractivity contribution in [3.63, 3.8) is 0 Å². The Morgan fingerprint density at radius 3 is 2.40 bits per heavy atom. The maximum atomic E-state index is 11.4. The van der Waals surface area contributed by atoms with Gasteiger partial charge in [0.05, 0.1) is 6.04 Å². The van der Waals surface area contributed by atoms with Crippen molar-refractivity contribution in [3.05, 3.63) is 0 Å². The van der Waals surface area contributed by atoms with Gasteiger partial charge < -0.3 is 10.9 Å². The van der Waals surface area contributed by atoms with Gasteiger partial charge in [-0.3, -0.25) is 0 Å². The van der Waals surface area contributed by atoms with Crippen molar-refractivity contribution in [2.45, 2.75) is 26.8 Å². The summed E-state index contributed by atoms with van der Waals surface area (Å²) >= 11 is 0. The van der Waals surface area contributed by atoms with Crippen molar-refractivity contribution in [3.8, 4) is 0 Å². The molecule has 0 spiro atoms. The summed E-state index contributed by atoms with van der Waals surface area (Å²) in [4.78, 5) is 0. The van der Waals surface area contributed by atoms with Gasteiger partial charge in [0.2, 0.25) is 0 Å². The smallest absolute Gasteiger partial charge is 0.277 e. The van der Waals surface area contributed by atoms with Gasteiger partial charge in [-0.05, 0) is 12.8 Å². The fraction of sp³-hybridized carbons (Fsp3) is 0.857. The first kappa shape index (κ1) is 14.1. The van der Waals surface area contributed by atoms with Crippen LogP contribution in [0.25, 0.3) is 0 Å². The number of oxime groups is 1. The van der Waals surface area contributed by atoms with Crippen LogP contribution in [-0.4, -0.2) is 32.0 Å². The van der Waals surface area contributed by atoms with Gasteiger partial charge in [0.1, 0.15) is 0 Å². The van der Waals surface area contributed by atoms with Crippen LogP contribution in [0, 0.1) is 5.92 Å². The van der Waals surface area contributed by atoms with E-state index in [-0.39, 0.29) is 11.8 Å². The van der Waals surface area contributed by atoms with Crippen LogP contribution in [0.1, 0.15) is 20.8 Å². The molecule has 0 aliphatic carbocycles. The molecule has 0 amide bonds. The van der Waals surface area contributed by atoms with Crippen molar-refractivity contribution in [2.24, 2.45) is 16.8 Å². The quantitative estimate of drug-likeness (QED) is 0.210. The molecular weight excluding hydrogens is 220 g/mol. The highest BCUT2D eigenvalue weighted by Crippen LogP contribution is 1.91. The minimum atomic E-state index is -3.60. The number of amidine groups is 1. The van der Waals surface area contributed by atoms with Gasteiger partial charge in [0.15, 0.2) is 5.84 Å². The fourth-order valence-electron chi connectivity index (χ4n) is 0.698. The summed E-state index contributed by atoms with van der Waals surface area (Å²) in [5, 5.41) is 11.0. The second-order valence-corrected chi connectivity index (χ2v) is 5.14. The third-order valence-corrected chi connectivity index (χ3v) is 2.78. The molecule has 0 radical (unpaired) electrons. The summed E-state index contributed by atoms with van der Waals surface area (Å²) in [7, 11) is -3.60. The third kappa shape index (κ3) is 6.26. The Balaban J connectivity index is 4.27. The van der Waals surface area contributed by atoms with E-state index in [1.165, 1.54) is 6.92 Å². The number of hydrogen-bond donors (Lipinski definition) is 4. The maximum absolute atomic E-state index is 11.4. The van der Waals surface area contributed by atoms with E-state index in [2.05, 4.69) is 14.6 Å². The van der Waals surface area contributed by atoms with Crippen molar-refractivity contribution >= 4 is 16.0 Å². The Morgan fingerprint density at radius 2 is 2.00 bits per heavy atom. The molecule has 1 atom stereocenters. The molecule has 0 bridgehead atoms.